The zero-order chi connectivity index (χ0) is 16.4. The Morgan fingerprint density at radius 1 is 1.17 bits per heavy atom. The van der Waals surface area contributed by atoms with Gasteiger partial charge in [-0.1, -0.05) is 30.3 Å². The van der Waals surface area contributed by atoms with Crippen LogP contribution < -0.4 is 10.2 Å². The van der Waals surface area contributed by atoms with Crippen LogP contribution in [-0.4, -0.2) is 17.9 Å². The Kier molecular flexibility index (Phi) is 4.21. The summed E-state index contributed by atoms with van der Waals surface area (Å²) < 4.78 is 13.2. The summed E-state index contributed by atoms with van der Waals surface area (Å²) in [6.07, 6.45) is 0.114. The third-order valence-electron chi connectivity index (χ3n) is 3.94. The van der Waals surface area contributed by atoms with Crippen LogP contribution in [0.25, 0.3) is 0 Å². The molecule has 4 nitrogen and oxygen atoms in total. The molecule has 0 saturated carbocycles. The molecule has 1 aliphatic heterocycles. The number of anilines is 1. The van der Waals surface area contributed by atoms with Gasteiger partial charge in [0.25, 0.3) is 5.91 Å². The second-order valence-electron chi connectivity index (χ2n) is 5.62. The smallest absolute Gasteiger partial charge is 0.251 e. The van der Waals surface area contributed by atoms with Crippen LogP contribution in [0.3, 0.4) is 0 Å². The first-order valence-electron chi connectivity index (χ1n) is 7.46. The van der Waals surface area contributed by atoms with Gasteiger partial charge in [0.1, 0.15) is 5.82 Å². The summed E-state index contributed by atoms with van der Waals surface area (Å²) in [4.78, 5) is 25.9. The lowest BCUT2D eigenvalue weighted by molar-refractivity contribution is -0.121. The van der Waals surface area contributed by atoms with Crippen molar-refractivity contribution in [3.63, 3.8) is 0 Å². The van der Waals surface area contributed by atoms with E-state index in [1.54, 1.807) is 6.92 Å². The van der Waals surface area contributed by atoms with E-state index in [-0.39, 0.29) is 24.1 Å². The number of hydrogen-bond donors (Lipinski definition) is 1. The van der Waals surface area contributed by atoms with Gasteiger partial charge >= 0.3 is 0 Å². The van der Waals surface area contributed by atoms with Crippen molar-refractivity contribution in [1.29, 1.82) is 0 Å². The maximum atomic E-state index is 13.2. The summed E-state index contributed by atoms with van der Waals surface area (Å²) in [6.45, 7) is 2.20. The first kappa shape index (κ1) is 15.4. The molecule has 2 amide bonds. The van der Waals surface area contributed by atoms with Crippen LogP contribution in [-0.2, 0) is 16.1 Å². The summed E-state index contributed by atoms with van der Waals surface area (Å²) in [5.41, 5.74) is 2.06. The Morgan fingerprint density at radius 3 is 2.61 bits per heavy atom. The second-order valence-corrected chi connectivity index (χ2v) is 5.62. The molecule has 0 aromatic heterocycles. The van der Waals surface area contributed by atoms with Gasteiger partial charge in [0.05, 0.1) is 18.2 Å². The lowest BCUT2D eigenvalue weighted by atomic mass is 10.1. The number of benzene rings is 2. The molecule has 1 saturated heterocycles. The van der Waals surface area contributed by atoms with Crippen LogP contribution in [0.1, 0.15) is 17.5 Å². The summed E-state index contributed by atoms with van der Waals surface area (Å²) in [5.74, 6) is -0.944. The molecule has 1 aliphatic rings. The van der Waals surface area contributed by atoms with Crippen LogP contribution >= 0.6 is 0 Å². The molecule has 23 heavy (non-hydrogen) atoms. The number of nitrogens with zero attached hydrogens (tertiary/aromatic N) is 1. The average Bonchev–Trinajstić information content (AvgIpc) is 2.81. The van der Waals surface area contributed by atoms with E-state index in [1.165, 1.54) is 18.2 Å². The van der Waals surface area contributed by atoms with Gasteiger partial charge in [0.15, 0.2) is 0 Å². The molecule has 0 spiro atoms. The highest BCUT2D eigenvalue weighted by Crippen LogP contribution is 2.26. The highest BCUT2D eigenvalue weighted by atomic mass is 19.1. The molecule has 1 N–H and O–H groups in total. The van der Waals surface area contributed by atoms with Gasteiger partial charge in [-0.3, -0.25) is 9.59 Å². The number of amides is 2. The zero-order valence-corrected chi connectivity index (χ0v) is 12.8. The molecule has 0 radical (unpaired) electrons. The number of aryl methyl sites for hydroxylation is 1. The Bertz CT molecular complexity index is 746. The van der Waals surface area contributed by atoms with Crippen molar-refractivity contribution in [2.24, 2.45) is 0 Å². The van der Waals surface area contributed by atoms with Gasteiger partial charge in [0, 0.05) is 6.54 Å². The predicted molar refractivity (Wildman–Crippen MR) is 85.3 cm³/mol. The van der Waals surface area contributed by atoms with Crippen molar-refractivity contribution in [1.82, 2.24) is 5.32 Å². The van der Waals surface area contributed by atoms with E-state index in [2.05, 4.69) is 5.32 Å². The Hall–Kier alpha value is -2.53. The summed E-state index contributed by atoms with van der Waals surface area (Å²) in [6, 6.07) is 13.2. The lowest BCUT2D eigenvalue weighted by Crippen LogP contribution is -2.38. The zero-order valence-electron chi connectivity index (χ0n) is 12.8. The first-order valence-corrected chi connectivity index (χ1v) is 7.46. The van der Waals surface area contributed by atoms with Gasteiger partial charge in [-0.25, -0.2) is 9.29 Å². The Labute approximate surface area is 133 Å². The maximum Gasteiger partial charge on any atom is 0.251 e. The number of carbonyl (C=O) groups excluding carboxylic acids is 2. The molecule has 1 heterocycles. The van der Waals surface area contributed by atoms with Crippen molar-refractivity contribution in [3.05, 3.63) is 65.5 Å². The van der Waals surface area contributed by atoms with Crippen molar-refractivity contribution in [2.75, 3.05) is 4.90 Å². The third kappa shape index (κ3) is 3.14. The van der Waals surface area contributed by atoms with E-state index in [4.69, 9.17) is 0 Å². The normalized spacial score (nSPS) is 17.8. The molecular weight excluding hydrogens is 295 g/mol. The minimum Gasteiger partial charge on any atom is -0.301 e. The van der Waals surface area contributed by atoms with Crippen LogP contribution in [0.4, 0.5) is 10.1 Å². The van der Waals surface area contributed by atoms with Gasteiger partial charge in [0.2, 0.25) is 5.91 Å². The number of carbonyl (C=O) groups is 2. The van der Waals surface area contributed by atoms with E-state index in [0.717, 1.165) is 10.5 Å². The standard InChI is InChI=1S/C18H17FN2O2/c1-12-9-14(19)7-8-16(12)21-17(22)10-15(18(21)23)20-11-13-5-3-2-4-6-13/h2-9,15,20H,10-11H2,1H3. The number of rotatable bonds is 4. The van der Waals surface area contributed by atoms with E-state index < -0.39 is 6.04 Å². The van der Waals surface area contributed by atoms with Gasteiger partial charge in [-0.15, -0.1) is 0 Å². The van der Waals surface area contributed by atoms with Gasteiger partial charge in [-0.05, 0) is 36.2 Å². The number of hydrogen-bond acceptors (Lipinski definition) is 3. The van der Waals surface area contributed by atoms with Gasteiger partial charge in [-0.2, -0.15) is 0 Å². The molecule has 118 valence electrons. The van der Waals surface area contributed by atoms with E-state index in [9.17, 15) is 14.0 Å². The number of halogens is 1. The fourth-order valence-corrected chi connectivity index (χ4v) is 2.75. The minimum absolute atomic E-state index is 0.114. The van der Waals surface area contributed by atoms with Crippen LogP contribution in [0.15, 0.2) is 48.5 Å². The van der Waals surface area contributed by atoms with Crippen molar-refractivity contribution < 1.29 is 14.0 Å². The lowest BCUT2D eigenvalue weighted by Gasteiger charge is -2.17. The van der Waals surface area contributed by atoms with Crippen molar-refractivity contribution in [2.45, 2.75) is 25.9 Å². The molecule has 0 aliphatic carbocycles. The Balaban J connectivity index is 1.75. The molecule has 0 bridgehead atoms. The first-order chi connectivity index (χ1) is 11.1. The number of imide groups is 1. The second kappa shape index (κ2) is 6.30. The molecule has 2 aromatic rings. The minimum atomic E-state index is -0.549. The average molecular weight is 312 g/mol. The topological polar surface area (TPSA) is 49.4 Å². The molecule has 5 heteroatoms. The van der Waals surface area contributed by atoms with Crippen LogP contribution in [0, 0.1) is 12.7 Å². The van der Waals surface area contributed by atoms with Gasteiger partial charge < -0.3 is 5.32 Å². The quantitative estimate of drug-likeness (QED) is 0.883. The predicted octanol–water partition coefficient (Wildman–Crippen LogP) is 2.56. The van der Waals surface area contributed by atoms with Crippen molar-refractivity contribution >= 4 is 17.5 Å². The molecule has 1 fully saturated rings. The monoisotopic (exact) mass is 312 g/mol. The highest BCUT2D eigenvalue weighted by Gasteiger charge is 2.39. The highest BCUT2D eigenvalue weighted by molar-refractivity contribution is 6.22. The molecular formula is C18H17FN2O2. The Morgan fingerprint density at radius 2 is 1.91 bits per heavy atom. The fraction of sp³-hybridized carbons (Fsp3) is 0.222. The largest absolute Gasteiger partial charge is 0.301 e. The third-order valence-corrected chi connectivity index (χ3v) is 3.94. The van der Waals surface area contributed by atoms with Crippen molar-refractivity contribution in [3.8, 4) is 0 Å². The van der Waals surface area contributed by atoms with Crippen LogP contribution in [0.2, 0.25) is 0 Å². The van der Waals surface area contributed by atoms with Crippen LogP contribution in [0.5, 0.6) is 0 Å². The van der Waals surface area contributed by atoms with E-state index in [0.29, 0.717) is 17.8 Å². The van der Waals surface area contributed by atoms with E-state index >= 15 is 0 Å². The summed E-state index contributed by atoms with van der Waals surface area (Å²) >= 11 is 0. The SMILES string of the molecule is Cc1cc(F)ccc1N1C(=O)CC(NCc2ccccc2)C1=O. The molecule has 1 atom stereocenters. The fourth-order valence-electron chi connectivity index (χ4n) is 2.75. The maximum absolute atomic E-state index is 13.2. The molecule has 1 unspecified atom stereocenters. The van der Waals surface area contributed by atoms with E-state index in [1.807, 2.05) is 30.3 Å². The molecule has 3 rings (SSSR count). The molecule has 2 aromatic carbocycles. The summed E-state index contributed by atoms with van der Waals surface area (Å²) in [7, 11) is 0. The summed E-state index contributed by atoms with van der Waals surface area (Å²) in [5, 5.41) is 3.12. The number of nitrogens with one attached hydrogen (secondary N) is 1.